The van der Waals surface area contributed by atoms with E-state index in [0.717, 1.165) is 0 Å². The van der Waals surface area contributed by atoms with Gasteiger partial charge in [-0.05, 0) is 0 Å². The molecule has 0 aromatic rings. The fourth-order valence-corrected chi connectivity index (χ4v) is 0. The molecule has 0 aliphatic rings. The molecule has 0 N–H and O–H groups in total. The molecule has 0 unspecified atom stereocenters. The molecule has 5 heteroatoms. The number of rotatable bonds is 0. The first kappa shape index (κ1) is 98.6. The van der Waals surface area contributed by atoms with Gasteiger partial charge in [0.15, 0.2) is 0 Å². The van der Waals surface area contributed by atoms with Gasteiger partial charge in [0.05, 0.1) is 0 Å². The van der Waals surface area contributed by atoms with Crippen LogP contribution in [0.2, 0.25) is 0 Å². The minimum atomic E-state index is 0. The third kappa shape index (κ3) is 32.7. The summed E-state index contributed by atoms with van der Waals surface area (Å²) in [5.74, 6) is 0. The molecule has 0 aliphatic heterocycles. The molecule has 0 saturated heterocycles. The fraction of sp³-hybridized carbons (Fsp3) is 0. The van der Waals surface area contributed by atoms with Crippen LogP contribution in [-0.2, 0) is 5.48 Å². The number of halogens is 3. The monoisotopic (exact) mass is 148 g/mol. The molecule has 0 bridgehead atoms. The van der Waals surface area contributed by atoms with Crippen molar-refractivity contribution in [1.29, 1.82) is 0 Å². The van der Waals surface area contributed by atoms with E-state index in [4.69, 9.17) is 0 Å². The van der Waals surface area contributed by atoms with Gasteiger partial charge in [-0.2, -0.15) is 0 Å². The quantitative estimate of drug-likeness (QED) is 0.306. The molecule has 0 aromatic heterocycles. The summed E-state index contributed by atoms with van der Waals surface area (Å²) >= 11 is 0. The van der Waals surface area contributed by atoms with Gasteiger partial charge in [-0.25, -0.2) is 0 Å². The van der Waals surface area contributed by atoms with E-state index in [2.05, 4.69) is 0 Å². The van der Waals surface area contributed by atoms with Gasteiger partial charge in [-0.15, -0.1) is 0 Å². The van der Waals surface area contributed by atoms with Crippen LogP contribution in [0, 0.1) is 0 Å². The first-order chi connectivity index (χ1) is 0. The molecule has 0 atom stereocenters. The van der Waals surface area contributed by atoms with E-state index in [1.165, 1.54) is 0 Å². The minimum absolute atomic E-state index is 0. The summed E-state index contributed by atoms with van der Waals surface area (Å²) in [5.41, 5.74) is 0. The van der Waals surface area contributed by atoms with Gasteiger partial charge in [-0.3, -0.25) is 0 Å². The predicted octanol–water partition coefficient (Wildman–Crippen LogP) is -9.49. The average Bonchev–Trinajstić information content (AvgIpc) is 0. The Balaban J connectivity index is 0. The van der Waals surface area contributed by atoms with E-state index in [9.17, 15) is 0 Å². The normalized spacial score (nSPS) is 0. The van der Waals surface area contributed by atoms with Crippen LogP contribution in [0.3, 0.4) is 0 Å². The van der Waals surface area contributed by atoms with Crippen LogP contribution >= 0.6 is 0 Å². The van der Waals surface area contributed by atoms with Crippen molar-refractivity contribution in [3.63, 3.8) is 0 Å². The molecule has 1 nitrogen and oxygen atoms in total. The van der Waals surface area contributed by atoms with Crippen molar-refractivity contribution in [3.8, 4) is 0 Å². The zero-order valence-corrected chi connectivity index (χ0v) is 5.54. The Kier molecular flexibility index (Phi) is 1080. The minimum Gasteiger partial charge on any atom is -1.00 e. The molecule has 5 heavy (non-hydrogen) atoms. The molecule has 2 radical (unpaired) electrons. The molecule has 30 valence electrons. The Morgan fingerprint density at radius 2 is 0.600 bits per heavy atom. The standard InChI is InChI=1S/Al.3ClH.O/h;3*1H;/q+3;;;;/p-3. The summed E-state index contributed by atoms with van der Waals surface area (Å²) in [6, 6.07) is 0. The molecule has 0 amide bonds. The Morgan fingerprint density at radius 3 is 0.600 bits per heavy atom. The Hall–Kier alpha value is 1.36. The zero-order chi connectivity index (χ0) is 0. The Morgan fingerprint density at radius 1 is 0.600 bits per heavy atom. The van der Waals surface area contributed by atoms with E-state index < -0.39 is 0 Å². The van der Waals surface area contributed by atoms with Crippen LogP contribution in [-0.4, -0.2) is 17.4 Å². The summed E-state index contributed by atoms with van der Waals surface area (Å²) in [4.78, 5) is 0. The van der Waals surface area contributed by atoms with Crippen molar-refractivity contribution >= 4 is 17.4 Å². The zero-order valence-electron chi connectivity index (χ0n) is 2.12. The average molecular weight is 149 g/mol. The molecule has 0 rings (SSSR count). The second-order valence-electron chi connectivity index (χ2n) is 0. The molecule has 0 saturated carbocycles. The van der Waals surface area contributed by atoms with Crippen molar-refractivity contribution in [2.24, 2.45) is 0 Å². The smallest absolute Gasteiger partial charge is 1.00 e. The van der Waals surface area contributed by atoms with Gasteiger partial charge < -0.3 is 37.2 Å². The van der Waals surface area contributed by atoms with Gasteiger partial charge in [0, 0.05) is 5.48 Å². The van der Waals surface area contributed by atoms with Crippen molar-refractivity contribution in [2.45, 2.75) is 0 Å². The first-order valence-corrected chi connectivity index (χ1v) is 0. The molecule has 0 aromatic carbocycles. The molecular formula is AlCl3O. The van der Waals surface area contributed by atoms with E-state index in [1.807, 2.05) is 0 Å². The maximum Gasteiger partial charge on any atom is 3.00 e. The largest absolute Gasteiger partial charge is 3.00 e. The third-order valence-corrected chi connectivity index (χ3v) is 0. The second-order valence-corrected chi connectivity index (χ2v) is 0. The van der Waals surface area contributed by atoms with Gasteiger partial charge in [-0.1, -0.05) is 0 Å². The van der Waals surface area contributed by atoms with Gasteiger partial charge in [0.1, 0.15) is 0 Å². The molecule has 0 fully saturated rings. The van der Waals surface area contributed by atoms with Crippen LogP contribution in [0.15, 0.2) is 0 Å². The number of hydrogen-bond donors (Lipinski definition) is 0. The van der Waals surface area contributed by atoms with Crippen molar-refractivity contribution in [2.75, 3.05) is 0 Å². The van der Waals surface area contributed by atoms with Crippen LogP contribution in [0.5, 0.6) is 0 Å². The topological polar surface area (TPSA) is 28.5 Å². The summed E-state index contributed by atoms with van der Waals surface area (Å²) in [6.45, 7) is 0. The SMILES string of the molecule is [Al+3].[Cl-].[Cl-].[Cl-].[O]. The van der Waals surface area contributed by atoms with Gasteiger partial charge in [0.25, 0.3) is 0 Å². The molecule has 0 spiro atoms. The Bertz CT molecular complexity index is 6.85. The molecule has 0 aliphatic carbocycles. The van der Waals surface area contributed by atoms with Crippen molar-refractivity contribution in [1.82, 2.24) is 0 Å². The van der Waals surface area contributed by atoms with E-state index in [0.29, 0.717) is 0 Å². The first-order valence-electron chi connectivity index (χ1n) is 0. The number of hydrogen-bond acceptors (Lipinski definition) is 0. The maximum atomic E-state index is 0. The van der Waals surface area contributed by atoms with Gasteiger partial charge >= 0.3 is 17.4 Å². The summed E-state index contributed by atoms with van der Waals surface area (Å²) in [7, 11) is 0. The van der Waals surface area contributed by atoms with Gasteiger partial charge in [0.2, 0.25) is 0 Å². The van der Waals surface area contributed by atoms with Crippen LogP contribution in [0.1, 0.15) is 0 Å². The van der Waals surface area contributed by atoms with Crippen molar-refractivity contribution in [3.05, 3.63) is 0 Å². The van der Waals surface area contributed by atoms with Crippen LogP contribution in [0.25, 0.3) is 0 Å². The van der Waals surface area contributed by atoms with Crippen molar-refractivity contribution < 1.29 is 42.7 Å². The van der Waals surface area contributed by atoms with E-state index in [1.54, 1.807) is 0 Å². The summed E-state index contributed by atoms with van der Waals surface area (Å²) in [6.07, 6.45) is 0. The van der Waals surface area contributed by atoms with E-state index in [-0.39, 0.29) is 60.1 Å². The van der Waals surface area contributed by atoms with Crippen LogP contribution in [0.4, 0.5) is 0 Å². The molecule has 0 heterocycles. The summed E-state index contributed by atoms with van der Waals surface area (Å²) < 4.78 is 0. The fourth-order valence-electron chi connectivity index (χ4n) is 0. The maximum absolute atomic E-state index is 0. The summed E-state index contributed by atoms with van der Waals surface area (Å²) in [5, 5.41) is 0. The third-order valence-electron chi connectivity index (χ3n) is 0. The van der Waals surface area contributed by atoms with Crippen LogP contribution < -0.4 is 37.2 Å². The van der Waals surface area contributed by atoms with E-state index >= 15 is 0 Å². The Labute approximate surface area is 60.2 Å². The predicted molar refractivity (Wildman–Crippen MR) is 6.44 cm³/mol. The second kappa shape index (κ2) is 55.0. The molecular weight excluding hydrogens is 149 g/mol.